The Morgan fingerprint density at radius 2 is 2.08 bits per heavy atom. The highest BCUT2D eigenvalue weighted by molar-refractivity contribution is 5.85. The number of amides is 1. The molecule has 1 unspecified atom stereocenters. The summed E-state index contributed by atoms with van der Waals surface area (Å²) in [5.41, 5.74) is 2.73. The van der Waals surface area contributed by atoms with Gasteiger partial charge in [-0.1, -0.05) is 18.2 Å². The number of anilines is 1. The zero-order valence-corrected chi connectivity index (χ0v) is 15.9. The first-order chi connectivity index (χ1) is 10.7. The summed E-state index contributed by atoms with van der Waals surface area (Å²) in [4.78, 5) is 14.6. The van der Waals surface area contributed by atoms with Gasteiger partial charge in [-0.15, -0.1) is 24.8 Å². The number of hydrogen-bond donors (Lipinski definition) is 2. The molecular formula is C18H29Cl2N3O. The van der Waals surface area contributed by atoms with Gasteiger partial charge in [-0.05, 0) is 50.8 Å². The summed E-state index contributed by atoms with van der Waals surface area (Å²) in [7, 11) is 0. The van der Waals surface area contributed by atoms with E-state index in [-0.39, 0.29) is 30.7 Å². The minimum absolute atomic E-state index is 0. The number of benzene rings is 1. The predicted octanol–water partition coefficient (Wildman–Crippen LogP) is 2.93. The average Bonchev–Trinajstić information content (AvgIpc) is 2.55. The van der Waals surface area contributed by atoms with Crippen LogP contribution in [0.25, 0.3) is 0 Å². The van der Waals surface area contributed by atoms with E-state index in [0.717, 1.165) is 38.9 Å². The van der Waals surface area contributed by atoms with Gasteiger partial charge in [-0.25, -0.2) is 0 Å². The summed E-state index contributed by atoms with van der Waals surface area (Å²) in [6, 6.07) is 9.43. The second-order valence-corrected chi connectivity index (χ2v) is 6.57. The monoisotopic (exact) mass is 373 g/mol. The topological polar surface area (TPSA) is 44.4 Å². The molecule has 1 aromatic carbocycles. The number of hydrogen-bond acceptors (Lipinski definition) is 3. The fourth-order valence-electron chi connectivity index (χ4n) is 3.60. The van der Waals surface area contributed by atoms with E-state index in [4.69, 9.17) is 0 Å². The van der Waals surface area contributed by atoms with Gasteiger partial charge >= 0.3 is 0 Å². The lowest BCUT2D eigenvalue weighted by Gasteiger charge is -2.37. The Hall–Kier alpha value is -0.970. The summed E-state index contributed by atoms with van der Waals surface area (Å²) in [5.74, 6) is 0.184. The Labute approximate surface area is 157 Å². The van der Waals surface area contributed by atoms with Crippen molar-refractivity contribution in [3.8, 4) is 0 Å². The molecule has 24 heavy (non-hydrogen) atoms. The van der Waals surface area contributed by atoms with Crippen molar-refractivity contribution in [3.05, 3.63) is 29.8 Å². The number of rotatable bonds is 4. The maximum Gasteiger partial charge on any atom is 0.222 e. The Kier molecular flexibility index (Phi) is 8.88. The van der Waals surface area contributed by atoms with E-state index in [0.29, 0.717) is 18.5 Å². The van der Waals surface area contributed by atoms with Crippen LogP contribution in [0.1, 0.15) is 38.2 Å². The van der Waals surface area contributed by atoms with Crippen molar-refractivity contribution in [3.63, 3.8) is 0 Å². The standard InChI is InChI=1S/C18H27N3O.2ClH/c1-14-8-9-15-5-2-3-7-17(15)21(14)12-10-18(22)20-16-6-4-11-19-13-16;;/h2-3,5,7,14,16,19H,4,6,8-13H2,1H3,(H,20,22);2*1H/t14?,16-;;/m0../s1. The molecule has 0 bridgehead atoms. The minimum atomic E-state index is 0. The van der Waals surface area contributed by atoms with E-state index in [2.05, 4.69) is 46.7 Å². The normalized spacial score (nSPS) is 22.6. The lowest BCUT2D eigenvalue weighted by Crippen LogP contribution is -2.47. The maximum atomic E-state index is 12.2. The van der Waals surface area contributed by atoms with Crippen molar-refractivity contribution < 1.29 is 4.79 Å². The van der Waals surface area contributed by atoms with Crippen LogP contribution in [0.4, 0.5) is 5.69 Å². The summed E-state index contributed by atoms with van der Waals surface area (Å²) >= 11 is 0. The molecule has 2 heterocycles. The van der Waals surface area contributed by atoms with Gasteiger partial charge in [0.05, 0.1) is 0 Å². The number of carbonyl (C=O) groups excluding carboxylic acids is 1. The van der Waals surface area contributed by atoms with Crippen LogP contribution < -0.4 is 15.5 Å². The Morgan fingerprint density at radius 1 is 1.29 bits per heavy atom. The smallest absolute Gasteiger partial charge is 0.222 e. The molecule has 1 saturated heterocycles. The molecule has 0 aliphatic carbocycles. The van der Waals surface area contributed by atoms with Crippen LogP contribution >= 0.6 is 24.8 Å². The number of carbonyl (C=O) groups is 1. The largest absolute Gasteiger partial charge is 0.368 e. The molecule has 1 amide bonds. The average molecular weight is 374 g/mol. The summed E-state index contributed by atoms with van der Waals surface area (Å²) < 4.78 is 0. The van der Waals surface area contributed by atoms with Crippen LogP contribution in [0, 0.1) is 0 Å². The van der Waals surface area contributed by atoms with Gasteiger partial charge in [0, 0.05) is 37.3 Å². The zero-order valence-electron chi connectivity index (χ0n) is 14.3. The van der Waals surface area contributed by atoms with Crippen LogP contribution in [0.2, 0.25) is 0 Å². The molecule has 0 saturated carbocycles. The van der Waals surface area contributed by atoms with Crippen LogP contribution in [0.5, 0.6) is 0 Å². The third-order valence-electron chi connectivity index (χ3n) is 4.91. The fraction of sp³-hybridized carbons (Fsp3) is 0.611. The Balaban J connectivity index is 0.00000144. The van der Waals surface area contributed by atoms with Crippen molar-refractivity contribution in [2.45, 2.75) is 51.1 Å². The number of fused-ring (bicyclic) bond motifs is 1. The number of nitrogens with zero attached hydrogens (tertiary/aromatic N) is 1. The van der Waals surface area contributed by atoms with Gasteiger partial charge in [0.1, 0.15) is 0 Å². The van der Waals surface area contributed by atoms with E-state index in [1.807, 2.05) is 0 Å². The third kappa shape index (κ3) is 5.27. The molecule has 2 N–H and O–H groups in total. The first kappa shape index (κ1) is 21.1. The van der Waals surface area contributed by atoms with Crippen LogP contribution in [0.15, 0.2) is 24.3 Å². The van der Waals surface area contributed by atoms with E-state index in [1.165, 1.54) is 17.7 Å². The van der Waals surface area contributed by atoms with Crippen molar-refractivity contribution >= 4 is 36.4 Å². The summed E-state index contributed by atoms with van der Waals surface area (Å²) in [6.07, 6.45) is 5.15. The number of para-hydroxylation sites is 1. The maximum absolute atomic E-state index is 12.2. The zero-order chi connectivity index (χ0) is 15.4. The highest BCUT2D eigenvalue weighted by Crippen LogP contribution is 2.30. The van der Waals surface area contributed by atoms with Gasteiger partial charge in [0.15, 0.2) is 0 Å². The van der Waals surface area contributed by atoms with Crippen LogP contribution in [-0.2, 0) is 11.2 Å². The third-order valence-corrected chi connectivity index (χ3v) is 4.91. The molecule has 136 valence electrons. The molecule has 2 atom stereocenters. The predicted molar refractivity (Wildman–Crippen MR) is 105 cm³/mol. The van der Waals surface area contributed by atoms with Crippen molar-refractivity contribution in [1.29, 1.82) is 0 Å². The van der Waals surface area contributed by atoms with Gasteiger partial charge in [0.25, 0.3) is 0 Å². The molecule has 4 nitrogen and oxygen atoms in total. The molecule has 2 aliphatic heterocycles. The van der Waals surface area contributed by atoms with Crippen LogP contribution in [-0.4, -0.2) is 37.6 Å². The SMILES string of the molecule is CC1CCc2ccccc2N1CCC(=O)N[C@H]1CCCNC1.Cl.Cl. The van der Waals surface area contributed by atoms with Gasteiger partial charge in [-0.3, -0.25) is 4.79 Å². The number of nitrogens with one attached hydrogen (secondary N) is 2. The minimum Gasteiger partial charge on any atom is -0.368 e. The van der Waals surface area contributed by atoms with E-state index in [9.17, 15) is 4.79 Å². The molecule has 1 aromatic rings. The molecule has 0 spiro atoms. The lowest BCUT2D eigenvalue weighted by atomic mass is 9.96. The van der Waals surface area contributed by atoms with Crippen molar-refractivity contribution in [2.24, 2.45) is 0 Å². The molecule has 3 rings (SSSR count). The number of halogens is 2. The highest BCUT2D eigenvalue weighted by Gasteiger charge is 2.23. The van der Waals surface area contributed by atoms with Gasteiger partial charge in [-0.2, -0.15) is 0 Å². The molecule has 0 radical (unpaired) electrons. The van der Waals surface area contributed by atoms with Crippen molar-refractivity contribution in [1.82, 2.24) is 10.6 Å². The summed E-state index contributed by atoms with van der Waals surface area (Å²) in [6.45, 7) is 5.06. The Morgan fingerprint density at radius 3 is 2.83 bits per heavy atom. The molecule has 0 aromatic heterocycles. The van der Waals surface area contributed by atoms with Gasteiger partial charge in [0.2, 0.25) is 5.91 Å². The summed E-state index contributed by atoms with van der Waals surface area (Å²) in [5, 5.41) is 6.51. The number of piperidine rings is 1. The lowest BCUT2D eigenvalue weighted by molar-refractivity contribution is -0.121. The highest BCUT2D eigenvalue weighted by atomic mass is 35.5. The molecule has 2 aliphatic rings. The number of aryl methyl sites for hydroxylation is 1. The molecular weight excluding hydrogens is 345 g/mol. The van der Waals surface area contributed by atoms with Crippen LogP contribution in [0.3, 0.4) is 0 Å². The van der Waals surface area contributed by atoms with Gasteiger partial charge < -0.3 is 15.5 Å². The molecule has 1 fully saturated rings. The van der Waals surface area contributed by atoms with E-state index < -0.39 is 0 Å². The van der Waals surface area contributed by atoms with E-state index >= 15 is 0 Å². The first-order valence-electron chi connectivity index (χ1n) is 8.58. The first-order valence-corrected chi connectivity index (χ1v) is 8.58. The quantitative estimate of drug-likeness (QED) is 0.852. The molecule has 6 heteroatoms. The second-order valence-electron chi connectivity index (χ2n) is 6.57. The van der Waals surface area contributed by atoms with E-state index in [1.54, 1.807) is 0 Å². The van der Waals surface area contributed by atoms with Crippen molar-refractivity contribution in [2.75, 3.05) is 24.5 Å². The fourth-order valence-corrected chi connectivity index (χ4v) is 3.60. The second kappa shape index (κ2) is 10.1. The Bertz CT molecular complexity index is 521.